The normalized spacial score (nSPS) is 23.2. The highest BCUT2D eigenvalue weighted by atomic mass is 16.3. The van der Waals surface area contributed by atoms with Gasteiger partial charge in [-0.25, -0.2) is 0 Å². The fourth-order valence-corrected chi connectivity index (χ4v) is 2.23. The Morgan fingerprint density at radius 3 is 2.62 bits per heavy atom. The molecule has 0 fully saturated rings. The van der Waals surface area contributed by atoms with Crippen LogP contribution in [-0.4, -0.2) is 11.7 Å². The average Bonchev–Trinajstić information content (AvgIpc) is 2.25. The van der Waals surface area contributed by atoms with Crippen molar-refractivity contribution in [2.75, 3.05) is 6.61 Å². The highest BCUT2D eigenvalue weighted by Gasteiger charge is 2.25. The molecule has 0 spiro atoms. The van der Waals surface area contributed by atoms with Crippen LogP contribution >= 0.6 is 0 Å². The fraction of sp³-hybridized carbons (Fsp3) is 0.733. The topological polar surface area (TPSA) is 20.2 Å². The highest BCUT2D eigenvalue weighted by molar-refractivity contribution is 5.14. The Bertz CT molecular complexity index is 278. The first kappa shape index (κ1) is 13.5. The monoisotopic (exact) mass is 222 g/mol. The summed E-state index contributed by atoms with van der Waals surface area (Å²) in [5.74, 6) is 0.833. The molecular weight excluding hydrogens is 196 g/mol. The summed E-state index contributed by atoms with van der Waals surface area (Å²) in [6.45, 7) is 9.20. The van der Waals surface area contributed by atoms with Crippen molar-refractivity contribution >= 4 is 0 Å². The van der Waals surface area contributed by atoms with Gasteiger partial charge < -0.3 is 5.11 Å². The summed E-state index contributed by atoms with van der Waals surface area (Å²) in [4.78, 5) is 0. The van der Waals surface area contributed by atoms with Crippen LogP contribution in [0, 0.1) is 11.3 Å². The predicted octanol–water partition coefficient (Wildman–Crippen LogP) is 4.09. The first-order valence-electron chi connectivity index (χ1n) is 6.38. The smallest absolute Gasteiger partial charge is 0.0639 e. The second-order valence-electron chi connectivity index (χ2n) is 6.11. The first-order chi connectivity index (χ1) is 7.43. The predicted molar refractivity (Wildman–Crippen MR) is 70.3 cm³/mol. The van der Waals surface area contributed by atoms with Gasteiger partial charge in [0, 0.05) is 0 Å². The van der Waals surface area contributed by atoms with Gasteiger partial charge in [0.25, 0.3) is 0 Å². The van der Waals surface area contributed by atoms with Crippen LogP contribution in [0.25, 0.3) is 0 Å². The minimum Gasteiger partial charge on any atom is -0.392 e. The second-order valence-corrected chi connectivity index (χ2v) is 6.11. The first-order valence-corrected chi connectivity index (χ1v) is 6.38. The van der Waals surface area contributed by atoms with Crippen LogP contribution in [0.5, 0.6) is 0 Å². The van der Waals surface area contributed by atoms with Crippen LogP contribution in [-0.2, 0) is 0 Å². The summed E-state index contributed by atoms with van der Waals surface area (Å²) in [5, 5.41) is 8.93. The quantitative estimate of drug-likeness (QED) is 0.713. The summed E-state index contributed by atoms with van der Waals surface area (Å²) in [6, 6.07) is 0. The SMILES string of the molecule is CC(=CCC1=CCC(C(C)(C)C)CC1)CO. The molecule has 1 N–H and O–H groups in total. The molecule has 0 aromatic rings. The molecular formula is C15H26O. The molecule has 92 valence electrons. The summed E-state index contributed by atoms with van der Waals surface area (Å²) in [6.07, 6.45) is 9.39. The van der Waals surface area contributed by atoms with Gasteiger partial charge in [-0.2, -0.15) is 0 Å². The Morgan fingerprint density at radius 1 is 1.50 bits per heavy atom. The van der Waals surface area contributed by atoms with Gasteiger partial charge in [-0.05, 0) is 43.9 Å². The third kappa shape index (κ3) is 4.13. The molecule has 1 aliphatic rings. The molecule has 1 heteroatoms. The van der Waals surface area contributed by atoms with Gasteiger partial charge >= 0.3 is 0 Å². The van der Waals surface area contributed by atoms with Gasteiger partial charge in [-0.1, -0.05) is 44.1 Å². The number of hydrogen-bond donors (Lipinski definition) is 1. The number of rotatable bonds is 3. The number of aliphatic hydroxyl groups excluding tert-OH is 1. The van der Waals surface area contributed by atoms with E-state index >= 15 is 0 Å². The lowest BCUT2D eigenvalue weighted by molar-refractivity contribution is 0.220. The van der Waals surface area contributed by atoms with E-state index in [1.807, 2.05) is 6.92 Å². The fourth-order valence-electron chi connectivity index (χ4n) is 2.23. The molecule has 16 heavy (non-hydrogen) atoms. The van der Waals surface area contributed by atoms with E-state index in [2.05, 4.69) is 32.9 Å². The number of aliphatic hydroxyl groups is 1. The van der Waals surface area contributed by atoms with E-state index in [0.717, 1.165) is 17.9 Å². The van der Waals surface area contributed by atoms with E-state index in [-0.39, 0.29) is 6.61 Å². The lowest BCUT2D eigenvalue weighted by Gasteiger charge is -2.33. The van der Waals surface area contributed by atoms with Gasteiger partial charge in [0.15, 0.2) is 0 Å². The minimum absolute atomic E-state index is 0.192. The molecule has 0 amide bonds. The van der Waals surface area contributed by atoms with E-state index in [0.29, 0.717) is 5.41 Å². The van der Waals surface area contributed by atoms with Gasteiger partial charge in [-0.3, -0.25) is 0 Å². The molecule has 0 saturated carbocycles. The van der Waals surface area contributed by atoms with Crippen LogP contribution in [0.3, 0.4) is 0 Å². The Morgan fingerprint density at radius 2 is 2.19 bits per heavy atom. The van der Waals surface area contributed by atoms with E-state index in [9.17, 15) is 0 Å². The Balaban J connectivity index is 2.47. The van der Waals surface area contributed by atoms with Crippen molar-refractivity contribution in [1.29, 1.82) is 0 Å². The summed E-state index contributed by atoms with van der Waals surface area (Å²) in [5.41, 5.74) is 3.07. The molecule has 0 heterocycles. The van der Waals surface area contributed by atoms with Crippen LogP contribution in [0.4, 0.5) is 0 Å². The lowest BCUT2D eigenvalue weighted by Crippen LogP contribution is -2.22. The molecule has 0 bridgehead atoms. The van der Waals surface area contributed by atoms with Crippen molar-refractivity contribution in [1.82, 2.24) is 0 Å². The highest BCUT2D eigenvalue weighted by Crippen LogP contribution is 2.37. The van der Waals surface area contributed by atoms with Gasteiger partial charge in [0.2, 0.25) is 0 Å². The van der Waals surface area contributed by atoms with E-state index in [1.54, 1.807) is 5.57 Å². The minimum atomic E-state index is 0.192. The second kappa shape index (κ2) is 5.67. The Labute approximate surface area is 100 Å². The summed E-state index contributed by atoms with van der Waals surface area (Å²) < 4.78 is 0. The third-order valence-corrected chi connectivity index (χ3v) is 3.69. The van der Waals surface area contributed by atoms with Gasteiger partial charge in [-0.15, -0.1) is 0 Å². The van der Waals surface area contributed by atoms with Crippen LogP contribution in [0.1, 0.15) is 53.4 Å². The zero-order valence-corrected chi connectivity index (χ0v) is 11.2. The third-order valence-electron chi connectivity index (χ3n) is 3.69. The molecule has 1 atom stereocenters. The number of allylic oxidation sites excluding steroid dienone is 3. The summed E-state index contributed by atoms with van der Waals surface area (Å²) in [7, 11) is 0. The van der Waals surface area contributed by atoms with Crippen molar-refractivity contribution in [3.05, 3.63) is 23.3 Å². The molecule has 0 aliphatic heterocycles. The Kier molecular flexibility index (Phi) is 4.79. The van der Waals surface area contributed by atoms with Gasteiger partial charge in [0.1, 0.15) is 0 Å². The van der Waals surface area contributed by atoms with Crippen molar-refractivity contribution in [3.63, 3.8) is 0 Å². The van der Waals surface area contributed by atoms with Crippen molar-refractivity contribution in [3.8, 4) is 0 Å². The van der Waals surface area contributed by atoms with Crippen LogP contribution in [0.15, 0.2) is 23.3 Å². The zero-order valence-electron chi connectivity index (χ0n) is 11.2. The zero-order chi connectivity index (χ0) is 12.2. The van der Waals surface area contributed by atoms with Crippen LogP contribution in [0.2, 0.25) is 0 Å². The van der Waals surface area contributed by atoms with E-state index < -0.39 is 0 Å². The van der Waals surface area contributed by atoms with Crippen molar-refractivity contribution in [2.24, 2.45) is 11.3 Å². The molecule has 1 unspecified atom stereocenters. The molecule has 0 aromatic carbocycles. The van der Waals surface area contributed by atoms with Crippen LogP contribution < -0.4 is 0 Å². The maximum atomic E-state index is 8.93. The van der Waals surface area contributed by atoms with Crippen molar-refractivity contribution in [2.45, 2.75) is 53.4 Å². The molecule has 0 aromatic heterocycles. The molecule has 1 nitrogen and oxygen atoms in total. The standard InChI is InChI=1S/C15H26O/c1-12(11-16)5-6-13-7-9-14(10-8-13)15(2,3)4/h5,7,14,16H,6,8-11H2,1-4H3. The molecule has 1 aliphatic carbocycles. The maximum absolute atomic E-state index is 8.93. The van der Waals surface area contributed by atoms with Gasteiger partial charge in [0.05, 0.1) is 6.61 Å². The summed E-state index contributed by atoms with van der Waals surface area (Å²) >= 11 is 0. The molecule has 1 rings (SSSR count). The maximum Gasteiger partial charge on any atom is 0.0639 e. The average molecular weight is 222 g/mol. The van der Waals surface area contributed by atoms with E-state index in [1.165, 1.54) is 19.3 Å². The lowest BCUT2D eigenvalue weighted by atomic mass is 9.73. The largest absolute Gasteiger partial charge is 0.392 e. The van der Waals surface area contributed by atoms with E-state index in [4.69, 9.17) is 5.11 Å². The Hall–Kier alpha value is -0.560. The molecule has 0 saturated heterocycles. The molecule has 0 radical (unpaired) electrons. The van der Waals surface area contributed by atoms with Crippen molar-refractivity contribution < 1.29 is 5.11 Å². The number of hydrogen-bond acceptors (Lipinski definition) is 1.